The van der Waals surface area contributed by atoms with Crippen molar-refractivity contribution in [1.82, 2.24) is 5.32 Å². The molecule has 1 fully saturated rings. The van der Waals surface area contributed by atoms with Crippen molar-refractivity contribution >= 4 is 11.6 Å². The average molecular weight is 306 g/mol. The second-order valence-electron chi connectivity index (χ2n) is 5.25. The number of ether oxygens (including phenoxy) is 1. The van der Waals surface area contributed by atoms with Gasteiger partial charge in [-0.2, -0.15) is 0 Å². The van der Waals surface area contributed by atoms with Crippen LogP contribution in [0.2, 0.25) is 5.02 Å². The van der Waals surface area contributed by atoms with Gasteiger partial charge in [0.15, 0.2) is 0 Å². The molecule has 0 heterocycles. The molecule has 1 atom stereocenters. The third-order valence-electron chi connectivity index (χ3n) is 3.62. The van der Waals surface area contributed by atoms with E-state index in [1.165, 1.54) is 0 Å². The Morgan fingerprint density at radius 1 is 1.19 bits per heavy atom. The molecule has 4 heteroatoms. The van der Waals surface area contributed by atoms with Crippen LogP contribution in [0, 0.1) is 5.82 Å². The molecule has 0 bridgehead atoms. The molecule has 1 aliphatic carbocycles. The van der Waals surface area contributed by atoms with E-state index in [2.05, 4.69) is 5.32 Å². The highest BCUT2D eigenvalue weighted by molar-refractivity contribution is 6.30. The number of nitrogens with one attached hydrogen (secondary N) is 1. The summed E-state index contributed by atoms with van der Waals surface area (Å²) in [6.45, 7) is 0. The molecule has 1 aliphatic rings. The maximum atomic E-state index is 14.2. The summed E-state index contributed by atoms with van der Waals surface area (Å²) in [6.07, 6.45) is 2.64. The van der Waals surface area contributed by atoms with E-state index in [4.69, 9.17) is 16.3 Å². The van der Waals surface area contributed by atoms with Gasteiger partial charge in [0, 0.05) is 5.56 Å². The van der Waals surface area contributed by atoms with Crippen molar-refractivity contribution < 1.29 is 9.13 Å². The number of benzene rings is 2. The van der Waals surface area contributed by atoms with Crippen LogP contribution in [0.1, 0.15) is 30.0 Å². The predicted molar refractivity (Wildman–Crippen MR) is 82.4 cm³/mol. The van der Waals surface area contributed by atoms with Gasteiger partial charge in [-0.25, -0.2) is 4.39 Å². The molecule has 0 saturated heterocycles. The van der Waals surface area contributed by atoms with Crippen LogP contribution in [0.5, 0.6) is 5.75 Å². The second kappa shape index (κ2) is 6.04. The molecule has 0 amide bonds. The van der Waals surface area contributed by atoms with Gasteiger partial charge in [-0.3, -0.25) is 0 Å². The smallest absolute Gasteiger partial charge is 0.146 e. The average Bonchev–Trinajstić information content (AvgIpc) is 3.30. The molecule has 1 saturated carbocycles. The van der Waals surface area contributed by atoms with Crippen LogP contribution >= 0.6 is 11.6 Å². The minimum absolute atomic E-state index is 0.140. The maximum absolute atomic E-state index is 14.2. The van der Waals surface area contributed by atoms with E-state index in [0.717, 1.165) is 24.2 Å². The third kappa shape index (κ3) is 3.20. The summed E-state index contributed by atoms with van der Waals surface area (Å²) < 4.78 is 19.9. The Hall–Kier alpha value is -1.58. The van der Waals surface area contributed by atoms with Gasteiger partial charge in [0.05, 0.1) is 17.2 Å². The van der Waals surface area contributed by atoms with Crippen molar-refractivity contribution in [3.8, 4) is 5.75 Å². The molecule has 1 unspecified atom stereocenters. The highest BCUT2D eigenvalue weighted by Gasteiger charge is 2.23. The molecular weight excluding hydrogens is 289 g/mol. The highest BCUT2D eigenvalue weighted by Crippen LogP contribution is 2.30. The summed E-state index contributed by atoms with van der Waals surface area (Å²) in [4.78, 5) is 0. The van der Waals surface area contributed by atoms with E-state index in [9.17, 15) is 4.39 Å². The van der Waals surface area contributed by atoms with Gasteiger partial charge in [-0.1, -0.05) is 35.9 Å². The number of hydrogen-bond acceptors (Lipinski definition) is 2. The van der Waals surface area contributed by atoms with Gasteiger partial charge in [-0.05, 0) is 43.7 Å². The molecular formula is C17H17ClFNO. The molecule has 110 valence electrons. The zero-order chi connectivity index (χ0) is 14.8. The first kappa shape index (κ1) is 14.4. The molecule has 2 aromatic rings. The Kier molecular flexibility index (Phi) is 4.13. The van der Waals surface area contributed by atoms with E-state index in [1.807, 2.05) is 24.3 Å². The lowest BCUT2D eigenvalue weighted by atomic mass is 9.98. The van der Waals surface area contributed by atoms with Crippen LogP contribution in [0.15, 0.2) is 42.5 Å². The summed E-state index contributed by atoms with van der Waals surface area (Å²) >= 11 is 5.87. The fourth-order valence-electron chi connectivity index (χ4n) is 2.36. The Bertz CT molecular complexity index is 625. The zero-order valence-electron chi connectivity index (χ0n) is 11.8. The van der Waals surface area contributed by atoms with Crippen molar-refractivity contribution in [1.29, 1.82) is 0 Å². The minimum atomic E-state index is -0.378. The summed E-state index contributed by atoms with van der Waals surface area (Å²) in [7, 11) is 1.81. The first-order valence-corrected chi connectivity index (χ1v) is 7.44. The lowest BCUT2D eigenvalue weighted by Gasteiger charge is -2.19. The number of rotatable bonds is 5. The molecule has 0 spiro atoms. The van der Waals surface area contributed by atoms with Gasteiger partial charge in [0.1, 0.15) is 11.6 Å². The number of hydrogen-bond donors (Lipinski definition) is 1. The molecule has 2 nitrogen and oxygen atoms in total. The molecule has 21 heavy (non-hydrogen) atoms. The largest absolute Gasteiger partial charge is 0.490 e. The standard InChI is InChI=1S/C17H17ClFNO/c1-20-17(14-3-2-4-15(18)16(14)19)11-5-7-12(8-6-11)21-13-9-10-13/h2-8,13,17,20H,9-10H2,1H3. The summed E-state index contributed by atoms with van der Waals surface area (Å²) in [5.74, 6) is 0.486. The van der Waals surface area contributed by atoms with Crippen LogP contribution in [0.4, 0.5) is 4.39 Å². The molecule has 2 aromatic carbocycles. The Labute approximate surface area is 128 Å². The normalized spacial score (nSPS) is 15.8. The van der Waals surface area contributed by atoms with Crippen molar-refractivity contribution in [2.75, 3.05) is 7.05 Å². The topological polar surface area (TPSA) is 21.3 Å². The van der Waals surface area contributed by atoms with Crippen LogP contribution in [-0.4, -0.2) is 13.2 Å². The summed E-state index contributed by atoms with van der Waals surface area (Å²) in [5, 5.41) is 3.28. The molecule has 0 aromatic heterocycles. The van der Waals surface area contributed by atoms with E-state index >= 15 is 0 Å². The first-order valence-electron chi connectivity index (χ1n) is 7.07. The molecule has 1 N–H and O–H groups in total. The van der Waals surface area contributed by atoms with Crippen molar-refractivity contribution in [2.24, 2.45) is 0 Å². The van der Waals surface area contributed by atoms with Crippen molar-refractivity contribution in [2.45, 2.75) is 25.0 Å². The van der Waals surface area contributed by atoms with E-state index in [0.29, 0.717) is 11.7 Å². The van der Waals surface area contributed by atoms with Crippen LogP contribution < -0.4 is 10.1 Å². The van der Waals surface area contributed by atoms with Crippen molar-refractivity contribution in [3.05, 3.63) is 64.4 Å². The second-order valence-corrected chi connectivity index (χ2v) is 5.66. The fraction of sp³-hybridized carbons (Fsp3) is 0.294. The Balaban J connectivity index is 1.86. The van der Waals surface area contributed by atoms with Gasteiger partial charge in [0.25, 0.3) is 0 Å². The van der Waals surface area contributed by atoms with Crippen LogP contribution in [0.3, 0.4) is 0 Å². The third-order valence-corrected chi connectivity index (χ3v) is 3.91. The predicted octanol–water partition coefficient (Wildman–Crippen LogP) is 4.33. The van der Waals surface area contributed by atoms with E-state index < -0.39 is 0 Å². The number of halogens is 2. The lowest BCUT2D eigenvalue weighted by molar-refractivity contribution is 0.303. The Morgan fingerprint density at radius 2 is 1.90 bits per heavy atom. The van der Waals surface area contributed by atoms with Crippen molar-refractivity contribution in [3.63, 3.8) is 0 Å². The van der Waals surface area contributed by atoms with Gasteiger partial charge >= 0.3 is 0 Å². The molecule has 0 aliphatic heterocycles. The van der Waals surface area contributed by atoms with E-state index in [-0.39, 0.29) is 16.9 Å². The fourth-order valence-corrected chi connectivity index (χ4v) is 2.54. The van der Waals surface area contributed by atoms with Crippen LogP contribution in [-0.2, 0) is 0 Å². The highest BCUT2D eigenvalue weighted by atomic mass is 35.5. The van der Waals surface area contributed by atoms with Gasteiger partial charge in [0.2, 0.25) is 0 Å². The lowest BCUT2D eigenvalue weighted by Crippen LogP contribution is -2.19. The molecule has 0 radical (unpaired) electrons. The zero-order valence-corrected chi connectivity index (χ0v) is 12.5. The maximum Gasteiger partial charge on any atom is 0.146 e. The molecule has 3 rings (SSSR count). The van der Waals surface area contributed by atoms with Gasteiger partial charge < -0.3 is 10.1 Å². The minimum Gasteiger partial charge on any atom is -0.490 e. The van der Waals surface area contributed by atoms with Crippen LogP contribution in [0.25, 0.3) is 0 Å². The summed E-state index contributed by atoms with van der Waals surface area (Å²) in [5.41, 5.74) is 1.52. The first-order chi connectivity index (χ1) is 10.2. The van der Waals surface area contributed by atoms with E-state index in [1.54, 1.807) is 25.2 Å². The van der Waals surface area contributed by atoms with Gasteiger partial charge in [-0.15, -0.1) is 0 Å². The quantitative estimate of drug-likeness (QED) is 0.888. The summed E-state index contributed by atoms with van der Waals surface area (Å²) in [6, 6.07) is 12.6. The monoisotopic (exact) mass is 305 g/mol. The Morgan fingerprint density at radius 3 is 2.52 bits per heavy atom. The SMILES string of the molecule is CNC(c1ccc(OC2CC2)cc1)c1cccc(Cl)c1F.